The van der Waals surface area contributed by atoms with Gasteiger partial charge in [0.2, 0.25) is 0 Å². The van der Waals surface area contributed by atoms with Crippen LogP contribution in [0.15, 0.2) is 0 Å². The lowest BCUT2D eigenvalue weighted by molar-refractivity contribution is 0.0952. The van der Waals surface area contributed by atoms with E-state index in [0.29, 0.717) is 0 Å². The first-order valence-electron chi connectivity index (χ1n) is 3.65. The van der Waals surface area contributed by atoms with Gasteiger partial charge in [0.25, 0.3) is 6.43 Å². The van der Waals surface area contributed by atoms with Crippen molar-refractivity contribution in [1.82, 2.24) is 0 Å². The van der Waals surface area contributed by atoms with Gasteiger partial charge < -0.3 is 0 Å². The largest absolute Gasteiger partial charge is 0.254 e. The topological polar surface area (TPSA) is 66.9 Å². The number of nitriles is 1. The molecule has 0 saturated heterocycles. The van der Waals surface area contributed by atoms with E-state index in [2.05, 4.69) is 0 Å². The van der Waals surface area contributed by atoms with E-state index >= 15 is 0 Å². The van der Waals surface area contributed by atoms with Crippen LogP contribution in [-0.2, 0) is 11.0 Å². The predicted molar refractivity (Wildman–Crippen MR) is 46.1 cm³/mol. The molecule has 0 aromatic rings. The Morgan fingerprint density at radius 1 is 1.62 bits per heavy atom. The number of hydrogen-bond acceptors (Lipinski definition) is 2. The Kier molecular flexibility index (Phi) is 4.44. The monoisotopic (exact) mass is 210 g/mol. The molecular formula is C7H12F2N2OS. The highest BCUT2D eigenvalue weighted by Crippen LogP contribution is 2.24. The quantitative estimate of drug-likeness (QED) is 0.757. The van der Waals surface area contributed by atoms with Crippen LogP contribution in [0.2, 0.25) is 0 Å². The standard InChI is InChI=1S/C7H12F2N2OS/c1-7(2,13(11)12)3-5(4-10)6(8)9/h5-6H,3,11H2,1-2H3/t5-,13?/m0/s1. The molecular weight excluding hydrogens is 198 g/mol. The molecule has 0 aromatic carbocycles. The fourth-order valence-electron chi connectivity index (χ4n) is 0.803. The molecule has 0 spiro atoms. The van der Waals surface area contributed by atoms with Crippen molar-refractivity contribution in [2.75, 3.05) is 0 Å². The molecule has 0 bridgehead atoms. The third-order valence-electron chi connectivity index (χ3n) is 1.73. The second-order valence-corrected chi connectivity index (χ2v) is 5.03. The zero-order valence-electron chi connectivity index (χ0n) is 7.46. The molecule has 0 aliphatic heterocycles. The molecule has 0 radical (unpaired) electrons. The summed E-state index contributed by atoms with van der Waals surface area (Å²) in [4.78, 5) is 0. The van der Waals surface area contributed by atoms with Crippen molar-refractivity contribution in [2.24, 2.45) is 11.1 Å². The van der Waals surface area contributed by atoms with Gasteiger partial charge in [0.15, 0.2) is 0 Å². The summed E-state index contributed by atoms with van der Waals surface area (Å²) in [5, 5.41) is 13.5. The van der Waals surface area contributed by atoms with E-state index in [-0.39, 0.29) is 6.42 Å². The van der Waals surface area contributed by atoms with Crippen molar-refractivity contribution in [2.45, 2.75) is 31.4 Å². The lowest BCUT2D eigenvalue weighted by atomic mass is 9.98. The summed E-state index contributed by atoms with van der Waals surface area (Å²) in [6.07, 6.45) is -2.88. The maximum atomic E-state index is 12.1. The number of alkyl halides is 2. The van der Waals surface area contributed by atoms with Crippen LogP contribution < -0.4 is 5.14 Å². The minimum Gasteiger partial charge on any atom is -0.251 e. The fourth-order valence-corrected chi connectivity index (χ4v) is 1.15. The van der Waals surface area contributed by atoms with E-state index < -0.39 is 28.1 Å². The van der Waals surface area contributed by atoms with Gasteiger partial charge in [-0.25, -0.2) is 13.0 Å². The molecule has 2 atom stereocenters. The molecule has 0 aromatic heterocycles. The van der Waals surface area contributed by atoms with Gasteiger partial charge in [0.1, 0.15) is 5.92 Å². The Bertz CT molecular complexity index is 237. The summed E-state index contributed by atoms with van der Waals surface area (Å²) < 4.78 is 34.2. The number of hydrogen-bond donors (Lipinski definition) is 1. The first kappa shape index (κ1) is 12.5. The van der Waals surface area contributed by atoms with Gasteiger partial charge in [-0.15, -0.1) is 0 Å². The average molecular weight is 210 g/mol. The smallest absolute Gasteiger partial charge is 0.251 e. The number of nitrogens with two attached hydrogens (primary N) is 1. The van der Waals surface area contributed by atoms with Gasteiger partial charge in [-0.1, -0.05) is 0 Å². The zero-order valence-corrected chi connectivity index (χ0v) is 8.28. The molecule has 13 heavy (non-hydrogen) atoms. The molecule has 0 saturated carbocycles. The molecule has 0 aliphatic rings. The molecule has 0 rings (SSSR count). The van der Waals surface area contributed by atoms with Crippen LogP contribution in [0.3, 0.4) is 0 Å². The van der Waals surface area contributed by atoms with Gasteiger partial charge in [0.05, 0.1) is 21.8 Å². The van der Waals surface area contributed by atoms with Crippen LogP contribution >= 0.6 is 0 Å². The molecule has 0 heterocycles. The number of halogens is 2. The molecule has 1 unspecified atom stereocenters. The first-order valence-corrected chi connectivity index (χ1v) is 4.86. The third kappa shape index (κ3) is 3.79. The van der Waals surface area contributed by atoms with E-state index in [0.717, 1.165) is 0 Å². The van der Waals surface area contributed by atoms with Gasteiger partial charge in [-0.3, -0.25) is 5.14 Å². The van der Waals surface area contributed by atoms with E-state index in [1.54, 1.807) is 0 Å². The highest BCUT2D eigenvalue weighted by Gasteiger charge is 2.32. The van der Waals surface area contributed by atoms with Crippen LogP contribution in [0.1, 0.15) is 20.3 Å². The van der Waals surface area contributed by atoms with Crippen LogP contribution in [0.4, 0.5) is 8.78 Å². The van der Waals surface area contributed by atoms with E-state index in [1.807, 2.05) is 0 Å². The first-order chi connectivity index (χ1) is 5.81. The van der Waals surface area contributed by atoms with Crippen molar-refractivity contribution in [3.63, 3.8) is 0 Å². The van der Waals surface area contributed by atoms with Crippen molar-refractivity contribution in [3.8, 4) is 6.07 Å². The summed E-state index contributed by atoms with van der Waals surface area (Å²) in [5.74, 6) is -1.40. The lowest BCUT2D eigenvalue weighted by Gasteiger charge is -2.23. The van der Waals surface area contributed by atoms with Crippen molar-refractivity contribution < 1.29 is 13.0 Å². The van der Waals surface area contributed by atoms with Crippen LogP contribution in [0.25, 0.3) is 0 Å². The minimum atomic E-state index is -2.71. The molecule has 76 valence electrons. The minimum absolute atomic E-state index is 0.162. The summed E-state index contributed by atoms with van der Waals surface area (Å²) in [7, 11) is -1.70. The van der Waals surface area contributed by atoms with Gasteiger partial charge in [0, 0.05) is 0 Å². The Morgan fingerprint density at radius 3 is 2.31 bits per heavy atom. The SMILES string of the molecule is CC(C)(C[C@@H](C#N)C(F)F)S(N)=O. The summed E-state index contributed by atoms with van der Waals surface area (Å²) in [6, 6.07) is 1.47. The average Bonchev–Trinajstić information content (AvgIpc) is 1.99. The maximum absolute atomic E-state index is 12.1. The van der Waals surface area contributed by atoms with E-state index in [4.69, 9.17) is 10.4 Å². The lowest BCUT2D eigenvalue weighted by Crippen LogP contribution is -2.35. The second-order valence-electron chi connectivity index (χ2n) is 3.33. The molecule has 3 nitrogen and oxygen atoms in total. The summed E-state index contributed by atoms with van der Waals surface area (Å²) in [6.45, 7) is 2.99. The summed E-state index contributed by atoms with van der Waals surface area (Å²) >= 11 is 0. The fraction of sp³-hybridized carbons (Fsp3) is 0.857. The zero-order chi connectivity index (χ0) is 10.6. The van der Waals surface area contributed by atoms with Crippen LogP contribution in [0, 0.1) is 17.2 Å². The Hall–Kier alpha value is -0.540. The van der Waals surface area contributed by atoms with Crippen molar-refractivity contribution in [3.05, 3.63) is 0 Å². The van der Waals surface area contributed by atoms with Crippen LogP contribution in [0.5, 0.6) is 0 Å². The summed E-state index contributed by atoms with van der Waals surface area (Å²) in [5.41, 5.74) is 0. The van der Waals surface area contributed by atoms with Crippen molar-refractivity contribution >= 4 is 11.0 Å². The van der Waals surface area contributed by atoms with Gasteiger partial charge in [-0.2, -0.15) is 5.26 Å². The van der Waals surface area contributed by atoms with E-state index in [9.17, 15) is 13.0 Å². The Morgan fingerprint density at radius 2 is 2.08 bits per heavy atom. The molecule has 0 amide bonds. The Labute approximate surface area is 78.5 Å². The molecule has 0 fully saturated rings. The van der Waals surface area contributed by atoms with Crippen molar-refractivity contribution in [1.29, 1.82) is 5.26 Å². The van der Waals surface area contributed by atoms with Gasteiger partial charge >= 0.3 is 0 Å². The normalized spacial score (nSPS) is 16.7. The number of rotatable bonds is 4. The molecule has 2 N–H and O–H groups in total. The van der Waals surface area contributed by atoms with Gasteiger partial charge in [-0.05, 0) is 20.3 Å². The molecule has 6 heteroatoms. The number of nitrogens with zero attached hydrogens (tertiary/aromatic N) is 1. The predicted octanol–water partition coefficient (Wildman–Crippen LogP) is 1.18. The highest BCUT2D eigenvalue weighted by molar-refractivity contribution is 7.84. The Balaban J connectivity index is 4.42. The van der Waals surface area contributed by atoms with E-state index in [1.165, 1.54) is 19.9 Å². The highest BCUT2D eigenvalue weighted by atomic mass is 32.2. The van der Waals surface area contributed by atoms with Crippen LogP contribution in [-0.4, -0.2) is 15.4 Å². The maximum Gasteiger partial charge on any atom is 0.254 e. The second kappa shape index (κ2) is 4.63. The third-order valence-corrected chi connectivity index (χ3v) is 2.98. The molecule has 0 aliphatic carbocycles.